The molecule has 0 N–H and O–H groups in total. The molecule has 0 unspecified atom stereocenters. The molecule has 5 heteroatoms. The average Bonchev–Trinajstić information content (AvgIpc) is 2.26. The van der Waals surface area contributed by atoms with Crippen LogP contribution in [0.15, 0.2) is 40.3 Å². The summed E-state index contributed by atoms with van der Waals surface area (Å²) in [6.07, 6.45) is 0. The lowest BCUT2D eigenvalue weighted by Gasteiger charge is -2.03. The van der Waals surface area contributed by atoms with E-state index in [2.05, 4.69) is 4.98 Å². The molecule has 88 valence electrons. The minimum absolute atomic E-state index is 0.172. The van der Waals surface area contributed by atoms with E-state index in [4.69, 9.17) is 0 Å². The van der Waals surface area contributed by atoms with Crippen LogP contribution in [0.1, 0.15) is 5.56 Å². The molecule has 0 saturated heterocycles. The van der Waals surface area contributed by atoms with Crippen LogP contribution >= 0.6 is 11.8 Å². The van der Waals surface area contributed by atoms with Gasteiger partial charge in [-0.1, -0.05) is 29.5 Å². The highest BCUT2D eigenvalue weighted by Gasteiger charge is 2.12. The molecule has 0 fully saturated rings. The summed E-state index contributed by atoms with van der Waals surface area (Å²) < 4.78 is 38.9. The molecule has 0 aliphatic rings. The number of rotatable bonds is 2. The van der Waals surface area contributed by atoms with Crippen LogP contribution in [-0.2, 0) is 0 Å². The van der Waals surface area contributed by atoms with Crippen molar-refractivity contribution in [2.45, 2.75) is 16.8 Å². The quantitative estimate of drug-likeness (QED) is 0.753. The van der Waals surface area contributed by atoms with Crippen LogP contribution in [0, 0.1) is 24.5 Å². The molecule has 1 aromatic carbocycles. The summed E-state index contributed by atoms with van der Waals surface area (Å²) in [6, 6.07) is 7.75. The van der Waals surface area contributed by atoms with Crippen LogP contribution in [0.2, 0.25) is 0 Å². The fourth-order valence-corrected chi connectivity index (χ4v) is 2.19. The fourth-order valence-electron chi connectivity index (χ4n) is 1.29. The SMILES string of the molecule is Cc1cccc(Sc2nc(F)c(F)cc2F)c1. The van der Waals surface area contributed by atoms with E-state index in [9.17, 15) is 13.2 Å². The number of hydrogen-bond acceptors (Lipinski definition) is 2. The van der Waals surface area contributed by atoms with Crippen LogP contribution in [0.5, 0.6) is 0 Å². The van der Waals surface area contributed by atoms with E-state index >= 15 is 0 Å². The third-order valence-electron chi connectivity index (χ3n) is 2.06. The van der Waals surface area contributed by atoms with Crippen molar-refractivity contribution in [3.8, 4) is 0 Å². The highest BCUT2D eigenvalue weighted by atomic mass is 32.2. The summed E-state index contributed by atoms with van der Waals surface area (Å²) in [5, 5.41) is -0.172. The highest BCUT2D eigenvalue weighted by molar-refractivity contribution is 7.99. The molecule has 0 saturated carbocycles. The van der Waals surface area contributed by atoms with Crippen molar-refractivity contribution in [3.63, 3.8) is 0 Å². The van der Waals surface area contributed by atoms with Crippen LogP contribution in [-0.4, -0.2) is 4.98 Å². The van der Waals surface area contributed by atoms with Gasteiger partial charge in [-0.2, -0.15) is 4.39 Å². The summed E-state index contributed by atoms with van der Waals surface area (Å²) >= 11 is 0.958. The lowest BCUT2D eigenvalue weighted by atomic mass is 10.2. The molecule has 0 radical (unpaired) electrons. The maximum Gasteiger partial charge on any atom is 0.250 e. The molecule has 1 nitrogen and oxygen atoms in total. The zero-order valence-corrected chi connectivity index (χ0v) is 9.69. The van der Waals surface area contributed by atoms with Crippen LogP contribution in [0.3, 0.4) is 0 Å². The Morgan fingerprint density at radius 2 is 1.82 bits per heavy atom. The zero-order chi connectivity index (χ0) is 12.4. The third kappa shape index (κ3) is 2.79. The first-order chi connectivity index (χ1) is 8.06. The van der Waals surface area contributed by atoms with E-state index in [1.165, 1.54) is 0 Å². The average molecular weight is 255 g/mol. The highest BCUT2D eigenvalue weighted by Crippen LogP contribution is 2.29. The Bertz CT molecular complexity index is 557. The molecule has 1 heterocycles. The van der Waals surface area contributed by atoms with Crippen molar-refractivity contribution in [1.29, 1.82) is 0 Å². The molecule has 1 aromatic heterocycles. The summed E-state index contributed by atoms with van der Waals surface area (Å²) in [5.41, 5.74) is 0.998. The van der Waals surface area contributed by atoms with Crippen molar-refractivity contribution >= 4 is 11.8 Å². The van der Waals surface area contributed by atoms with E-state index in [0.717, 1.165) is 22.2 Å². The van der Waals surface area contributed by atoms with Gasteiger partial charge in [-0.3, -0.25) is 0 Å². The predicted octanol–water partition coefficient (Wildman–Crippen LogP) is 3.96. The number of nitrogens with zero attached hydrogens (tertiary/aromatic N) is 1. The van der Waals surface area contributed by atoms with Crippen LogP contribution in [0.25, 0.3) is 0 Å². The molecule has 2 aromatic rings. The van der Waals surface area contributed by atoms with Crippen molar-refractivity contribution in [1.82, 2.24) is 4.98 Å². The first-order valence-corrected chi connectivity index (χ1v) is 5.64. The monoisotopic (exact) mass is 255 g/mol. The Kier molecular flexibility index (Phi) is 3.38. The third-order valence-corrected chi connectivity index (χ3v) is 3.03. The van der Waals surface area contributed by atoms with E-state index < -0.39 is 17.6 Å². The Morgan fingerprint density at radius 3 is 2.53 bits per heavy atom. The second-order valence-electron chi connectivity index (χ2n) is 3.47. The number of aryl methyl sites for hydroxylation is 1. The second-order valence-corrected chi connectivity index (χ2v) is 4.53. The van der Waals surface area contributed by atoms with Gasteiger partial charge in [0.2, 0.25) is 5.95 Å². The summed E-state index contributed by atoms with van der Waals surface area (Å²) in [5.74, 6) is -3.44. The summed E-state index contributed by atoms with van der Waals surface area (Å²) in [6.45, 7) is 1.89. The van der Waals surface area contributed by atoms with Crippen LogP contribution < -0.4 is 0 Å². The smallest absolute Gasteiger partial charge is 0.207 e. The van der Waals surface area contributed by atoms with Crippen molar-refractivity contribution in [2.75, 3.05) is 0 Å². The molecular formula is C12H8F3NS. The number of benzene rings is 1. The van der Waals surface area contributed by atoms with E-state index in [0.29, 0.717) is 6.07 Å². The first kappa shape index (κ1) is 12.0. The molecule has 0 amide bonds. The zero-order valence-electron chi connectivity index (χ0n) is 8.88. The van der Waals surface area contributed by atoms with Gasteiger partial charge in [-0.05, 0) is 19.1 Å². The lowest BCUT2D eigenvalue weighted by Crippen LogP contribution is -1.95. The molecular weight excluding hydrogens is 247 g/mol. The number of pyridine rings is 1. The largest absolute Gasteiger partial charge is 0.250 e. The molecule has 0 aliphatic heterocycles. The van der Waals surface area contributed by atoms with E-state index in [-0.39, 0.29) is 5.03 Å². The van der Waals surface area contributed by atoms with Gasteiger partial charge in [-0.25, -0.2) is 13.8 Å². The Balaban J connectivity index is 2.33. The summed E-state index contributed by atoms with van der Waals surface area (Å²) in [4.78, 5) is 3.97. The molecule has 0 atom stereocenters. The second kappa shape index (κ2) is 4.79. The normalized spacial score (nSPS) is 10.6. The van der Waals surface area contributed by atoms with Crippen LogP contribution in [0.4, 0.5) is 13.2 Å². The topological polar surface area (TPSA) is 12.9 Å². The number of hydrogen-bond donors (Lipinski definition) is 0. The Hall–Kier alpha value is -1.49. The standard InChI is InChI=1S/C12H8F3NS/c1-7-3-2-4-8(5-7)17-12-10(14)6-9(13)11(15)16-12/h2-6H,1H3. The van der Waals surface area contributed by atoms with Gasteiger partial charge in [-0.15, -0.1) is 0 Å². The molecule has 17 heavy (non-hydrogen) atoms. The molecule has 0 spiro atoms. The minimum atomic E-state index is -1.29. The Labute approximate surface area is 101 Å². The van der Waals surface area contributed by atoms with Gasteiger partial charge >= 0.3 is 0 Å². The maximum atomic E-state index is 13.3. The van der Waals surface area contributed by atoms with Gasteiger partial charge in [0.15, 0.2) is 11.6 Å². The van der Waals surface area contributed by atoms with Gasteiger partial charge in [0, 0.05) is 11.0 Å². The van der Waals surface area contributed by atoms with Crippen molar-refractivity contribution in [2.24, 2.45) is 0 Å². The predicted molar refractivity (Wildman–Crippen MR) is 59.4 cm³/mol. The van der Waals surface area contributed by atoms with Gasteiger partial charge in [0.05, 0.1) is 0 Å². The van der Waals surface area contributed by atoms with Gasteiger partial charge in [0.25, 0.3) is 0 Å². The van der Waals surface area contributed by atoms with Crippen molar-refractivity contribution in [3.05, 3.63) is 53.5 Å². The molecule has 2 rings (SSSR count). The summed E-state index contributed by atoms with van der Waals surface area (Å²) in [7, 11) is 0. The fraction of sp³-hybridized carbons (Fsp3) is 0.0833. The van der Waals surface area contributed by atoms with E-state index in [1.807, 2.05) is 19.1 Å². The van der Waals surface area contributed by atoms with Crippen molar-refractivity contribution < 1.29 is 13.2 Å². The molecule has 0 bridgehead atoms. The molecule has 0 aliphatic carbocycles. The number of aromatic nitrogens is 1. The minimum Gasteiger partial charge on any atom is -0.207 e. The van der Waals surface area contributed by atoms with Gasteiger partial charge < -0.3 is 0 Å². The maximum absolute atomic E-state index is 13.3. The first-order valence-electron chi connectivity index (χ1n) is 4.82. The van der Waals surface area contributed by atoms with Gasteiger partial charge in [0.1, 0.15) is 5.03 Å². The number of halogens is 3. The van der Waals surface area contributed by atoms with E-state index in [1.54, 1.807) is 12.1 Å². The Morgan fingerprint density at radius 1 is 1.06 bits per heavy atom. The lowest BCUT2D eigenvalue weighted by molar-refractivity contribution is 0.448.